The number of rotatable bonds is 2. The highest BCUT2D eigenvalue weighted by atomic mass is 32.2. The van der Waals surface area contributed by atoms with Crippen molar-refractivity contribution in [1.29, 1.82) is 0 Å². The summed E-state index contributed by atoms with van der Waals surface area (Å²) in [6.07, 6.45) is 2.11. The van der Waals surface area contributed by atoms with Crippen LogP contribution in [-0.2, 0) is 0 Å². The molecule has 0 amide bonds. The Kier molecular flexibility index (Phi) is 3.45. The standard InChI is InChI=1S/C11H16N2S/c1-14-10-4-2-9(3-5-10)11-8-12-6-7-13-11/h2-5,11-13H,6-8H2,1H3/t11-/m1/s1. The lowest BCUT2D eigenvalue weighted by Gasteiger charge is -2.24. The lowest BCUT2D eigenvalue weighted by atomic mass is 10.1. The van der Waals surface area contributed by atoms with Gasteiger partial charge in [0, 0.05) is 30.6 Å². The fraction of sp³-hybridized carbons (Fsp3) is 0.455. The first kappa shape index (κ1) is 10.0. The number of nitrogens with one attached hydrogen (secondary N) is 2. The molecule has 0 aliphatic carbocycles. The summed E-state index contributed by atoms with van der Waals surface area (Å²) in [4.78, 5) is 1.33. The summed E-state index contributed by atoms with van der Waals surface area (Å²) in [6.45, 7) is 3.19. The second-order valence-electron chi connectivity index (χ2n) is 3.48. The molecule has 2 rings (SSSR count). The molecule has 14 heavy (non-hydrogen) atoms. The van der Waals surface area contributed by atoms with Crippen LogP contribution in [0.4, 0.5) is 0 Å². The Hall–Kier alpha value is -0.510. The zero-order valence-corrected chi connectivity index (χ0v) is 9.23. The van der Waals surface area contributed by atoms with Gasteiger partial charge in [-0.3, -0.25) is 0 Å². The molecule has 2 N–H and O–H groups in total. The molecule has 0 spiro atoms. The second-order valence-corrected chi connectivity index (χ2v) is 4.36. The number of hydrogen-bond donors (Lipinski definition) is 2. The quantitative estimate of drug-likeness (QED) is 0.723. The predicted octanol–water partition coefficient (Wildman–Crippen LogP) is 1.64. The van der Waals surface area contributed by atoms with Gasteiger partial charge in [-0.2, -0.15) is 0 Å². The van der Waals surface area contributed by atoms with Gasteiger partial charge in [-0.05, 0) is 24.0 Å². The molecule has 1 atom stereocenters. The van der Waals surface area contributed by atoms with E-state index in [2.05, 4.69) is 41.2 Å². The van der Waals surface area contributed by atoms with Crippen LogP contribution in [0.2, 0.25) is 0 Å². The van der Waals surface area contributed by atoms with E-state index in [9.17, 15) is 0 Å². The Bertz CT molecular complexity index is 278. The van der Waals surface area contributed by atoms with E-state index in [1.807, 2.05) is 0 Å². The van der Waals surface area contributed by atoms with Crippen LogP contribution in [0.25, 0.3) is 0 Å². The Morgan fingerprint density at radius 1 is 1.21 bits per heavy atom. The van der Waals surface area contributed by atoms with Crippen molar-refractivity contribution in [3.8, 4) is 0 Å². The molecule has 76 valence electrons. The minimum Gasteiger partial charge on any atom is -0.314 e. The van der Waals surface area contributed by atoms with E-state index in [0.717, 1.165) is 19.6 Å². The summed E-state index contributed by atoms with van der Waals surface area (Å²) in [5.74, 6) is 0. The van der Waals surface area contributed by atoms with Crippen molar-refractivity contribution in [1.82, 2.24) is 10.6 Å². The zero-order chi connectivity index (χ0) is 9.80. The minimum atomic E-state index is 0.486. The number of piperazine rings is 1. The Morgan fingerprint density at radius 2 is 2.00 bits per heavy atom. The van der Waals surface area contributed by atoms with Gasteiger partial charge in [0.2, 0.25) is 0 Å². The molecule has 1 aliphatic heterocycles. The Balaban J connectivity index is 2.07. The topological polar surface area (TPSA) is 24.1 Å². The molecular weight excluding hydrogens is 192 g/mol. The average molecular weight is 208 g/mol. The summed E-state index contributed by atoms with van der Waals surface area (Å²) >= 11 is 1.79. The molecule has 1 aromatic rings. The molecule has 1 heterocycles. The minimum absolute atomic E-state index is 0.486. The lowest BCUT2D eigenvalue weighted by Crippen LogP contribution is -2.42. The van der Waals surface area contributed by atoms with Crippen molar-refractivity contribution in [2.75, 3.05) is 25.9 Å². The van der Waals surface area contributed by atoms with E-state index in [-0.39, 0.29) is 0 Å². The smallest absolute Gasteiger partial charge is 0.0447 e. The van der Waals surface area contributed by atoms with Gasteiger partial charge in [0.25, 0.3) is 0 Å². The van der Waals surface area contributed by atoms with E-state index in [4.69, 9.17) is 0 Å². The summed E-state index contributed by atoms with van der Waals surface area (Å²) in [7, 11) is 0. The highest BCUT2D eigenvalue weighted by molar-refractivity contribution is 7.98. The van der Waals surface area contributed by atoms with Crippen molar-refractivity contribution in [3.63, 3.8) is 0 Å². The third-order valence-corrected chi connectivity index (χ3v) is 3.30. The predicted molar refractivity (Wildman–Crippen MR) is 61.8 cm³/mol. The lowest BCUT2D eigenvalue weighted by molar-refractivity contribution is 0.430. The van der Waals surface area contributed by atoms with Gasteiger partial charge in [-0.15, -0.1) is 11.8 Å². The van der Waals surface area contributed by atoms with Gasteiger partial charge in [0.15, 0.2) is 0 Å². The molecule has 0 saturated carbocycles. The molecule has 2 nitrogen and oxygen atoms in total. The van der Waals surface area contributed by atoms with Crippen LogP contribution >= 0.6 is 11.8 Å². The molecule has 0 unspecified atom stereocenters. The molecule has 1 saturated heterocycles. The van der Waals surface area contributed by atoms with E-state index < -0.39 is 0 Å². The van der Waals surface area contributed by atoms with Crippen LogP contribution in [0.1, 0.15) is 11.6 Å². The van der Waals surface area contributed by atoms with E-state index in [1.165, 1.54) is 10.5 Å². The highest BCUT2D eigenvalue weighted by Crippen LogP contribution is 2.19. The third-order valence-electron chi connectivity index (χ3n) is 2.56. The van der Waals surface area contributed by atoms with Gasteiger partial charge in [-0.25, -0.2) is 0 Å². The summed E-state index contributed by atoms with van der Waals surface area (Å²) in [6, 6.07) is 9.30. The van der Waals surface area contributed by atoms with Crippen molar-refractivity contribution >= 4 is 11.8 Å². The first-order valence-electron chi connectivity index (χ1n) is 4.98. The fourth-order valence-electron chi connectivity index (χ4n) is 1.73. The first-order chi connectivity index (χ1) is 6.90. The molecule has 1 aromatic carbocycles. The third kappa shape index (κ3) is 2.29. The Morgan fingerprint density at radius 3 is 2.57 bits per heavy atom. The second kappa shape index (κ2) is 4.82. The molecule has 1 fully saturated rings. The molecule has 0 radical (unpaired) electrons. The summed E-state index contributed by atoms with van der Waals surface area (Å²) in [5.41, 5.74) is 1.38. The van der Waals surface area contributed by atoms with Gasteiger partial charge < -0.3 is 10.6 Å². The first-order valence-corrected chi connectivity index (χ1v) is 6.20. The summed E-state index contributed by atoms with van der Waals surface area (Å²) < 4.78 is 0. The van der Waals surface area contributed by atoms with Crippen molar-refractivity contribution < 1.29 is 0 Å². The van der Waals surface area contributed by atoms with Crippen molar-refractivity contribution in [3.05, 3.63) is 29.8 Å². The molecule has 0 aromatic heterocycles. The van der Waals surface area contributed by atoms with Crippen LogP contribution in [-0.4, -0.2) is 25.9 Å². The van der Waals surface area contributed by atoms with E-state index >= 15 is 0 Å². The number of benzene rings is 1. The fourth-order valence-corrected chi connectivity index (χ4v) is 2.13. The van der Waals surface area contributed by atoms with Crippen molar-refractivity contribution in [2.24, 2.45) is 0 Å². The van der Waals surface area contributed by atoms with Crippen LogP contribution in [0.15, 0.2) is 29.2 Å². The largest absolute Gasteiger partial charge is 0.314 e. The van der Waals surface area contributed by atoms with Crippen molar-refractivity contribution in [2.45, 2.75) is 10.9 Å². The molecular formula is C11H16N2S. The average Bonchev–Trinajstić information content (AvgIpc) is 2.30. The van der Waals surface area contributed by atoms with Crippen LogP contribution in [0.3, 0.4) is 0 Å². The SMILES string of the molecule is CSc1ccc([C@H]2CNCCN2)cc1. The number of hydrogen-bond acceptors (Lipinski definition) is 3. The van der Waals surface area contributed by atoms with Crippen LogP contribution < -0.4 is 10.6 Å². The van der Waals surface area contributed by atoms with Crippen LogP contribution in [0, 0.1) is 0 Å². The molecule has 1 aliphatic rings. The maximum Gasteiger partial charge on any atom is 0.0447 e. The van der Waals surface area contributed by atoms with E-state index in [0.29, 0.717) is 6.04 Å². The van der Waals surface area contributed by atoms with Gasteiger partial charge in [0.05, 0.1) is 0 Å². The molecule has 0 bridgehead atoms. The zero-order valence-electron chi connectivity index (χ0n) is 8.42. The van der Waals surface area contributed by atoms with Gasteiger partial charge in [-0.1, -0.05) is 12.1 Å². The highest BCUT2D eigenvalue weighted by Gasteiger charge is 2.13. The monoisotopic (exact) mass is 208 g/mol. The normalized spacial score (nSPS) is 22.2. The van der Waals surface area contributed by atoms with Gasteiger partial charge in [0.1, 0.15) is 0 Å². The van der Waals surface area contributed by atoms with Crippen LogP contribution in [0.5, 0.6) is 0 Å². The maximum absolute atomic E-state index is 3.50. The maximum atomic E-state index is 3.50. The Labute approximate surface area is 89.5 Å². The summed E-state index contributed by atoms with van der Waals surface area (Å²) in [5, 5.41) is 6.90. The molecule has 3 heteroatoms. The van der Waals surface area contributed by atoms with E-state index in [1.54, 1.807) is 11.8 Å². The van der Waals surface area contributed by atoms with Gasteiger partial charge >= 0.3 is 0 Å². The number of thioether (sulfide) groups is 1.